The molecule has 1 amide bonds. The second-order valence-corrected chi connectivity index (χ2v) is 4.11. The molecule has 90 valence electrons. The zero-order valence-corrected chi connectivity index (χ0v) is 10.0. The van der Waals surface area contributed by atoms with E-state index in [1.54, 1.807) is 18.1 Å². The minimum atomic E-state index is -0.0528. The first-order chi connectivity index (χ1) is 8.31. The highest BCUT2D eigenvalue weighted by Crippen LogP contribution is 2.18. The molecule has 0 N–H and O–H groups in total. The van der Waals surface area contributed by atoms with Gasteiger partial charge < -0.3 is 9.64 Å². The van der Waals surface area contributed by atoms with E-state index in [0.717, 1.165) is 24.9 Å². The monoisotopic (exact) mass is 231 g/mol. The number of benzene rings is 1. The first-order valence-electron chi connectivity index (χ1n) is 5.88. The minimum absolute atomic E-state index is 0.0261. The fourth-order valence-corrected chi connectivity index (χ4v) is 2.06. The molecule has 0 aliphatic carbocycles. The van der Waals surface area contributed by atoms with Gasteiger partial charge in [0.1, 0.15) is 6.23 Å². The lowest BCUT2D eigenvalue weighted by Crippen LogP contribution is -2.35. The van der Waals surface area contributed by atoms with Gasteiger partial charge in [-0.25, -0.2) is 0 Å². The summed E-state index contributed by atoms with van der Waals surface area (Å²) >= 11 is 0. The molecule has 1 atom stereocenters. The highest BCUT2D eigenvalue weighted by molar-refractivity contribution is 5.92. The van der Waals surface area contributed by atoms with E-state index >= 15 is 0 Å². The third kappa shape index (κ3) is 2.94. The molecule has 0 spiro atoms. The molecule has 0 aromatic heterocycles. The molecule has 1 aromatic rings. The summed E-state index contributed by atoms with van der Waals surface area (Å²) in [5.74, 6) is 0.0261. The van der Waals surface area contributed by atoms with Crippen molar-refractivity contribution >= 4 is 12.0 Å². The van der Waals surface area contributed by atoms with Crippen LogP contribution in [-0.4, -0.2) is 30.7 Å². The molecular weight excluding hydrogens is 214 g/mol. The van der Waals surface area contributed by atoms with Crippen molar-refractivity contribution in [2.75, 3.05) is 13.7 Å². The van der Waals surface area contributed by atoms with Crippen molar-refractivity contribution in [3.05, 3.63) is 42.0 Å². The molecule has 1 fully saturated rings. The number of amides is 1. The average Bonchev–Trinajstić information content (AvgIpc) is 2.85. The first-order valence-corrected chi connectivity index (χ1v) is 5.88. The van der Waals surface area contributed by atoms with Gasteiger partial charge in [0.05, 0.1) is 0 Å². The molecule has 0 bridgehead atoms. The standard InChI is InChI=1S/C14H17NO2/c1-17-14-8-5-11-15(14)13(16)10-9-12-6-3-2-4-7-12/h2-4,6-7,9-10,14H,5,8,11H2,1H3/t14-/m0/s1. The van der Waals surface area contributed by atoms with Gasteiger partial charge in [-0.1, -0.05) is 30.3 Å². The summed E-state index contributed by atoms with van der Waals surface area (Å²) in [6.45, 7) is 0.788. The molecular formula is C14H17NO2. The molecule has 1 saturated heterocycles. The zero-order chi connectivity index (χ0) is 12.1. The second-order valence-electron chi connectivity index (χ2n) is 4.11. The highest BCUT2D eigenvalue weighted by Gasteiger charge is 2.26. The van der Waals surface area contributed by atoms with E-state index in [-0.39, 0.29) is 12.1 Å². The van der Waals surface area contributed by atoms with E-state index in [9.17, 15) is 4.79 Å². The van der Waals surface area contributed by atoms with Crippen molar-refractivity contribution in [1.29, 1.82) is 0 Å². The van der Waals surface area contributed by atoms with Crippen LogP contribution in [0, 0.1) is 0 Å². The Morgan fingerprint density at radius 3 is 2.88 bits per heavy atom. The van der Waals surface area contributed by atoms with Crippen molar-refractivity contribution in [1.82, 2.24) is 4.90 Å². The maximum Gasteiger partial charge on any atom is 0.248 e. The molecule has 1 aromatic carbocycles. The molecule has 0 unspecified atom stereocenters. The first kappa shape index (κ1) is 11.9. The Labute approximate surface area is 102 Å². The minimum Gasteiger partial charge on any atom is -0.362 e. The van der Waals surface area contributed by atoms with Gasteiger partial charge in [0.25, 0.3) is 0 Å². The molecule has 2 rings (SSSR count). The predicted octanol–water partition coefficient (Wildman–Crippen LogP) is 2.29. The SMILES string of the molecule is CO[C@H]1CCCN1C(=O)C=Cc1ccccc1. The lowest BCUT2D eigenvalue weighted by molar-refractivity contribution is -0.134. The van der Waals surface area contributed by atoms with Gasteiger partial charge in [-0.3, -0.25) is 4.79 Å². The number of methoxy groups -OCH3 is 1. The number of hydrogen-bond donors (Lipinski definition) is 0. The smallest absolute Gasteiger partial charge is 0.248 e. The van der Waals surface area contributed by atoms with Crippen molar-refractivity contribution in [3.8, 4) is 0 Å². The largest absolute Gasteiger partial charge is 0.362 e. The van der Waals surface area contributed by atoms with Gasteiger partial charge in [0.15, 0.2) is 0 Å². The van der Waals surface area contributed by atoms with Crippen LogP contribution >= 0.6 is 0 Å². The van der Waals surface area contributed by atoms with Crippen LogP contribution in [0.2, 0.25) is 0 Å². The summed E-state index contributed by atoms with van der Waals surface area (Å²) in [6.07, 6.45) is 5.35. The quantitative estimate of drug-likeness (QED) is 0.747. The summed E-state index contributed by atoms with van der Waals surface area (Å²) in [6, 6.07) is 9.82. The van der Waals surface area contributed by atoms with E-state index in [4.69, 9.17) is 4.74 Å². The molecule has 17 heavy (non-hydrogen) atoms. The maximum absolute atomic E-state index is 11.9. The Kier molecular flexibility index (Phi) is 3.94. The van der Waals surface area contributed by atoms with Crippen molar-refractivity contribution in [3.63, 3.8) is 0 Å². The van der Waals surface area contributed by atoms with E-state index < -0.39 is 0 Å². The van der Waals surface area contributed by atoms with Gasteiger partial charge in [0, 0.05) is 19.7 Å². The number of ether oxygens (including phenoxy) is 1. The summed E-state index contributed by atoms with van der Waals surface area (Å²) in [7, 11) is 1.65. The van der Waals surface area contributed by atoms with Gasteiger partial charge in [-0.2, -0.15) is 0 Å². The van der Waals surface area contributed by atoms with Crippen LogP contribution in [0.25, 0.3) is 6.08 Å². The molecule has 3 nitrogen and oxygen atoms in total. The Balaban J connectivity index is 1.99. The predicted molar refractivity (Wildman–Crippen MR) is 67.2 cm³/mol. The van der Waals surface area contributed by atoms with Gasteiger partial charge in [0.2, 0.25) is 5.91 Å². The fourth-order valence-electron chi connectivity index (χ4n) is 2.06. The summed E-state index contributed by atoms with van der Waals surface area (Å²) in [4.78, 5) is 13.7. The number of rotatable bonds is 3. The number of hydrogen-bond acceptors (Lipinski definition) is 2. The average molecular weight is 231 g/mol. The summed E-state index contributed by atoms with van der Waals surface area (Å²) in [5.41, 5.74) is 1.04. The lowest BCUT2D eigenvalue weighted by Gasteiger charge is -2.21. The number of likely N-dealkylation sites (tertiary alicyclic amines) is 1. The number of carbonyl (C=O) groups excluding carboxylic acids is 1. The van der Waals surface area contributed by atoms with Crippen LogP contribution < -0.4 is 0 Å². The van der Waals surface area contributed by atoms with Crippen LogP contribution in [-0.2, 0) is 9.53 Å². The molecule has 0 radical (unpaired) electrons. The van der Waals surface area contributed by atoms with E-state index in [1.807, 2.05) is 36.4 Å². The second kappa shape index (κ2) is 5.64. The molecule has 3 heteroatoms. The third-order valence-corrected chi connectivity index (χ3v) is 2.97. The van der Waals surface area contributed by atoms with Gasteiger partial charge in [-0.05, 0) is 24.5 Å². The molecule has 1 aliphatic rings. The Morgan fingerprint density at radius 1 is 1.41 bits per heavy atom. The zero-order valence-electron chi connectivity index (χ0n) is 10.0. The van der Waals surface area contributed by atoms with Gasteiger partial charge >= 0.3 is 0 Å². The Bertz CT molecular complexity index is 400. The molecule has 1 aliphatic heterocycles. The van der Waals surface area contributed by atoms with Crippen LogP contribution in [0.4, 0.5) is 0 Å². The molecule has 1 heterocycles. The number of carbonyl (C=O) groups is 1. The summed E-state index contributed by atoms with van der Waals surface area (Å²) < 4.78 is 5.27. The van der Waals surface area contributed by atoms with Crippen LogP contribution in [0.1, 0.15) is 18.4 Å². The third-order valence-electron chi connectivity index (χ3n) is 2.97. The van der Waals surface area contributed by atoms with Gasteiger partial charge in [-0.15, -0.1) is 0 Å². The number of nitrogens with zero attached hydrogens (tertiary/aromatic N) is 1. The lowest BCUT2D eigenvalue weighted by atomic mass is 10.2. The maximum atomic E-state index is 11.9. The van der Waals surface area contributed by atoms with E-state index in [0.29, 0.717) is 0 Å². The van der Waals surface area contributed by atoms with Crippen LogP contribution in [0.5, 0.6) is 0 Å². The van der Waals surface area contributed by atoms with Crippen molar-refractivity contribution in [2.45, 2.75) is 19.1 Å². The Hall–Kier alpha value is -1.61. The van der Waals surface area contributed by atoms with Crippen molar-refractivity contribution in [2.24, 2.45) is 0 Å². The van der Waals surface area contributed by atoms with E-state index in [1.165, 1.54) is 0 Å². The summed E-state index contributed by atoms with van der Waals surface area (Å²) in [5, 5.41) is 0. The Morgan fingerprint density at radius 2 is 2.18 bits per heavy atom. The van der Waals surface area contributed by atoms with E-state index in [2.05, 4.69) is 0 Å². The normalized spacial score (nSPS) is 20.1. The van der Waals surface area contributed by atoms with Crippen LogP contribution in [0.3, 0.4) is 0 Å². The molecule has 0 saturated carbocycles. The van der Waals surface area contributed by atoms with Crippen molar-refractivity contribution < 1.29 is 9.53 Å². The fraction of sp³-hybridized carbons (Fsp3) is 0.357. The topological polar surface area (TPSA) is 29.5 Å². The highest BCUT2D eigenvalue weighted by atomic mass is 16.5. The van der Waals surface area contributed by atoms with Crippen LogP contribution in [0.15, 0.2) is 36.4 Å².